The molecule has 0 amide bonds. The topological polar surface area (TPSA) is 67.2 Å². The Bertz CT molecular complexity index is 512. The Labute approximate surface area is 114 Å². The Morgan fingerprint density at radius 2 is 1.95 bits per heavy atom. The molecule has 0 bridgehead atoms. The Kier molecular flexibility index (Phi) is 4.83. The highest BCUT2D eigenvalue weighted by Gasteiger charge is 2.22. The highest BCUT2D eigenvalue weighted by atomic mass is 32.2. The molecule has 0 saturated carbocycles. The van der Waals surface area contributed by atoms with Crippen LogP contribution in [0.2, 0.25) is 0 Å². The molecule has 1 heterocycles. The van der Waals surface area contributed by atoms with Crippen LogP contribution in [0, 0.1) is 11.3 Å². The molecule has 0 spiro atoms. The van der Waals surface area contributed by atoms with Crippen molar-refractivity contribution in [3.8, 4) is 6.07 Å². The first-order chi connectivity index (χ1) is 9.20. The number of rotatable bonds is 4. The van der Waals surface area contributed by atoms with E-state index in [0.29, 0.717) is 24.3 Å². The lowest BCUT2D eigenvalue weighted by atomic mass is 10.1. The van der Waals surface area contributed by atoms with Crippen LogP contribution < -0.4 is 0 Å². The lowest BCUT2D eigenvalue weighted by Gasteiger charge is -2.20. The van der Waals surface area contributed by atoms with E-state index in [0.717, 1.165) is 12.8 Å². The predicted octanol–water partition coefficient (Wildman–Crippen LogP) is 1.67. The van der Waals surface area contributed by atoms with E-state index < -0.39 is 10.8 Å². The molecular formula is C14H15NO3S. The fourth-order valence-electron chi connectivity index (χ4n) is 2.00. The van der Waals surface area contributed by atoms with Crippen LogP contribution in [0.1, 0.15) is 28.8 Å². The van der Waals surface area contributed by atoms with E-state index in [9.17, 15) is 9.00 Å². The van der Waals surface area contributed by atoms with Crippen LogP contribution in [-0.2, 0) is 15.5 Å². The van der Waals surface area contributed by atoms with Gasteiger partial charge in [0.25, 0.3) is 0 Å². The molecule has 1 atom stereocenters. The molecule has 1 unspecified atom stereocenters. The number of ether oxygens (including phenoxy) is 1. The standard InChI is InChI=1S/C14H15NO3S/c15-9-11-1-3-12(4-2-11)14(16)10-19(17)13-5-7-18-8-6-13/h1-4,13H,5-8,10H2. The van der Waals surface area contributed by atoms with E-state index in [2.05, 4.69) is 0 Å². The minimum absolute atomic E-state index is 0.0521. The molecule has 0 aromatic heterocycles. The zero-order valence-corrected chi connectivity index (χ0v) is 11.3. The van der Waals surface area contributed by atoms with Gasteiger partial charge in [-0.3, -0.25) is 9.00 Å². The summed E-state index contributed by atoms with van der Waals surface area (Å²) < 4.78 is 17.3. The van der Waals surface area contributed by atoms with Crippen molar-refractivity contribution in [2.45, 2.75) is 18.1 Å². The molecule has 1 aromatic carbocycles. The summed E-state index contributed by atoms with van der Waals surface area (Å²) in [5, 5.41) is 8.75. The first-order valence-corrected chi connectivity index (χ1v) is 7.57. The van der Waals surface area contributed by atoms with Crippen molar-refractivity contribution in [3.63, 3.8) is 0 Å². The van der Waals surface area contributed by atoms with Gasteiger partial charge in [0.05, 0.1) is 17.4 Å². The van der Waals surface area contributed by atoms with Crippen LogP contribution in [0.25, 0.3) is 0 Å². The van der Waals surface area contributed by atoms with Crippen molar-refractivity contribution in [2.24, 2.45) is 0 Å². The highest BCUT2D eigenvalue weighted by Crippen LogP contribution is 2.15. The summed E-state index contributed by atoms with van der Waals surface area (Å²) in [5.41, 5.74) is 1.03. The van der Waals surface area contributed by atoms with Gasteiger partial charge in [0.2, 0.25) is 0 Å². The Morgan fingerprint density at radius 1 is 1.32 bits per heavy atom. The van der Waals surface area contributed by atoms with Crippen LogP contribution in [0.15, 0.2) is 24.3 Å². The number of ketones is 1. The van der Waals surface area contributed by atoms with Gasteiger partial charge in [0.1, 0.15) is 0 Å². The van der Waals surface area contributed by atoms with E-state index in [1.54, 1.807) is 24.3 Å². The van der Waals surface area contributed by atoms with Crippen LogP contribution in [0.4, 0.5) is 0 Å². The van der Waals surface area contributed by atoms with E-state index in [4.69, 9.17) is 10.00 Å². The highest BCUT2D eigenvalue weighted by molar-refractivity contribution is 7.86. The van der Waals surface area contributed by atoms with Gasteiger partial charge in [-0.15, -0.1) is 0 Å². The molecule has 1 saturated heterocycles. The Hall–Kier alpha value is -1.51. The minimum atomic E-state index is -1.14. The third-order valence-corrected chi connectivity index (χ3v) is 4.91. The average molecular weight is 277 g/mol. The lowest BCUT2D eigenvalue weighted by molar-refractivity contribution is 0.0980. The minimum Gasteiger partial charge on any atom is -0.381 e. The molecule has 19 heavy (non-hydrogen) atoms. The maximum atomic E-state index is 12.1. The van der Waals surface area contributed by atoms with Crippen molar-refractivity contribution in [1.29, 1.82) is 5.26 Å². The van der Waals surface area contributed by atoms with Gasteiger partial charge in [-0.2, -0.15) is 5.26 Å². The van der Waals surface area contributed by atoms with Crippen molar-refractivity contribution in [1.82, 2.24) is 0 Å². The second kappa shape index (κ2) is 6.60. The summed E-state index contributed by atoms with van der Waals surface area (Å²) in [5.74, 6) is -0.0781. The zero-order valence-electron chi connectivity index (χ0n) is 10.5. The molecule has 1 aliphatic rings. The van der Waals surface area contributed by atoms with Crippen molar-refractivity contribution in [3.05, 3.63) is 35.4 Å². The Morgan fingerprint density at radius 3 is 2.53 bits per heavy atom. The van der Waals surface area contributed by atoms with Gasteiger partial charge in [0.15, 0.2) is 5.78 Å². The molecule has 100 valence electrons. The van der Waals surface area contributed by atoms with Gasteiger partial charge >= 0.3 is 0 Å². The van der Waals surface area contributed by atoms with E-state index in [-0.39, 0.29) is 16.8 Å². The summed E-state index contributed by atoms with van der Waals surface area (Å²) in [6.07, 6.45) is 1.51. The molecule has 2 rings (SSSR count). The second-order valence-corrected chi connectivity index (χ2v) is 6.17. The third kappa shape index (κ3) is 3.72. The van der Waals surface area contributed by atoms with E-state index >= 15 is 0 Å². The normalized spacial score (nSPS) is 17.6. The first kappa shape index (κ1) is 13.9. The fraction of sp³-hybridized carbons (Fsp3) is 0.429. The van der Waals surface area contributed by atoms with Gasteiger partial charge < -0.3 is 4.74 Å². The predicted molar refractivity (Wildman–Crippen MR) is 72.3 cm³/mol. The van der Waals surface area contributed by atoms with Crippen molar-refractivity contribution < 1.29 is 13.7 Å². The third-order valence-electron chi connectivity index (χ3n) is 3.15. The van der Waals surface area contributed by atoms with E-state index in [1.165, 1.54) is 0 Å². The summed E-state index contributed by atoms with van der Waals surface area (Å²) in [7, 11) is -1.14. The molecular weight excluding hydrogens is 262 g/mol. The first-order valence-electron chi connectivity index (χ1n) is 6.19. The molecule has 0 aliphatic carbocycles. The number of hydrogen-bond donors (Lipinski definition) is 0. The molecule has 5 heteroatoms. The monoisotopic (exact) mass is 277 g/mol. The summed E-state index contributed by atoms with van der Waals surface area (Å²) in [6, 6.07) is 8.43. The average Bonchev–Trinajstić information content (AvgIpc) is 2.48. The number of hydrogen-bond acceptors (Lipinski definition) is 4. The number of carbonyl (C=O) groups is 1. The molecule has 4 nitrogen and oxygen atoms in total. The largest absolute Gasteiger partial charge is 0.381 e. The smallest absolute Gasteiger partial charge is 0.175 e. The van der Waals surface area contributed by atoms with Crippen LogP contribution in [0.3, 0.4) is 0 Å². The zero-order chi connectivity index (χ0) is 13.7. The quantitative estimate of drug-likeness (QED) is 0.785. The number of nitrogens with zero attached hydrogens (tertiary/aromatic N) is 1. The lowest BCUT2D eigenvalue weighted by Crippen LogP contribution is -2.28. The maximum absolute atomic E-state index is 12.1. The van der Waals surface area contributed by atoms with Crippen molar-refractivity contribution in [2.75, 3.05) is 19.0 Å². The van der Waals surface area contributed by atoms with Crippen molar-refractivity contribution >= 4 is 16.6 Å². The molecule has 1 aromatic rings. The van der Waals surface area contributed by atoms with Crippen LogP contribution in [0.5, 0.6) is 0 Å². The molecule has 1 aliphatic heterocycles. The van der Waals surface area contributed by atoms with Gasteiger partial charge in [0, 0.05) is 34.8 Å². The number of Topliss-reactive ketones (excluding diaryl/α,β-unsaturated/α-hetero) is 1. The number of benzene rings is 1. The van der Waals surface area contributed by atoms with Gasteiger partial charge in [-0.05, 0) is 25.0 Å². The molecule has 0 radical (unpaired) electrons. The number of carbonyl (C=O) groups excluding carboxylic acids is 1. The molecule has 1 fully saturated rings. The Balaban J connectivity index is 1.96. The summed E-state index contributed by atoms with van der Waals surface area (Å²) >= 11 is 0. The molecule has 0 N–H and O–H groups in total. The van der Waals surface area contributed by atoms with Gasteiger partial charge in [-0.25, -0.2) is 0 Å². The SMILES string of the molecule is N#Cc1ccc(C(=O)CS(=O)C2CCOCC2)cc1. The maximum Gasteiger partial charge on any atom is 0.175 e. The van der Waals surface area contributed by atoms with E-state index in [1.807, 2.05) is 6.07 Å². The van der Waals surface area contributed by atoms with Gasteiger partial charge in [-0.1, -0.05) is 12.1 Å². The van der Waals surface area contributed by atoms with Crippen LogP contribution >= 0.6 is 0 Å². The summed E-state index contributed by atoms with van der Waals surface area (Å²) in [6.45, 7) is 1.25. The van der Waals surface area contributed by atoms with Crippen LogP contribution in [-0.4, -0.2) is 34.2 Å². The summed E-state index contributed by atoms with van der Waals surface area (Å²) in [4.78, 5) is 12.0. The second-order valence-electron chi connectivity index (χ2n) is 4.45. The fourth-order valence-corrected chi connectivity index (χ4v) is 3.38. The number of nitriles is 1.